The summed E-state index contributed by atoms with van der Waals surface area (Å²) in [4.78, 5) is 72.8. The normalized spacial score (nSPS) is 12.5. The molecule has 0 aliphatic carbocycles. The van der Waals surface area contributed by atoms with E-state index < -0.39 is 24.1 Å². The van der Waals surface area contributed by atoms with E-state index in [1.165, 1.54) is 99.3 Å². The number of esters is 2. The largest absolute Gasteiger partial charge is 0.459 e. The average Bonchev–Trinajstić information content (AvgIpc) is 3.09. The molecule has 0 spiro atoms. The van der Waals surface area contributed by atoms with Crippen molar-refractivity contribution in [2.45, 2.75) is 156 Å². The van der Waals surface area contributed by atoms with Crippen LogP contribution in [-0.2, 0) is 38.2 Å². The van der Waals surface area contributed by atoms with Crippen LogP contribution in [0.25, 0.3) is 0 Å². The van der Waals surface area contributed by atoms with Crippen LogP contribution in [-0.4, -0.2) is 96.8 Å². The van der Waals surface area contributed by atoms with Crippen molar-refractivity contribution in [2.75, 3.05) is 39.3 Å². The van der Waals surface area contributed by atoms with Gasteiger partial charge in [-0.2, -0.15) is 0 Å². The number of nitrogens with one attached hydrogen (secondary N) is 2. The number of hydrogen-bond acceptors (Lipinski definition) is 8. The van der Waals surface area contributed by atoms with Gasteiger partial charge in [-0.1, -0.05) is 75.0 Å². The van der Waals surface area contributed by atoms with Gasteiger partial charge in [-0.3, -0.25) is 28.8 Å². The third-order valence-electron chi connectivity index (χ3n) is 8.68. The van der Waals surface area contributed by atoms with Gasteiger partial charge in [0.05, 0.1) is 26.2 Å². The molecule has 0 saturated heterocycles. The summed E-state index contributed by atoms with van der Waals surface area (Å²) in [6, 6.07) is 0. The Hall–Kier alpha value is -3.96. The molecule has 12 heteroatoms. The summed E-state index contributed by atoms with van der Waals surface area (Å²) in [5.41, 5.74) is 0. The summed E-state index contributed by atoms with van der Waals surface area (Å²) in [6.07, 6.45) is 30.2. The zero-order valence-corrected chi connectivity index (χ0v) is 34.3. The molecule has 12 nitrogen and oxygen atoms in total. The van der Waals surface area contributed by atoms with Crippen molar-refractivity contribution >= 4 is 35.6 Å². The van der Waals surface area contributed by atoms with Crippen LogP contribution in [0.2, 0.25) is 0 Å². The van der Waals surface area contributed by atoms with Crippen molar-refractivity contribution in [3.05, 3.63) is 36.5 Å². The molecule has 0 rings (SSSR count). The van der Waals surface area contributed by atoms with Crippen LogP contribution in [0, 0.1) is 0 Å². The number of allylic oxidation sites excluding steroid dienone is 4. The lowest BCUT2D eigenvalue weighted by Crippen LogP contribution is -2.43. The number of ether oxygens (including phenoxy) is 2. The molecule has 4 amide bonds. The highest BCUT2D eigenvalue weighted by atomic mass is 16.5. The molecule has 0 radical (unpaired) electrons. The number of unbranched alkanes of at least 4 members (excludes halogenated alkanes) is 12. The highest BCUT2D eigenvalue weighted by Crippen LogP contribution is 2.12. The predicted molar refractivity (Wildman–Crippen MR) is 214 cm³/mol. The van der Waals surface area contributed by atoms with E-state index in [1.807, 2.05) is 0 Å². The van der Waals surface area contributed by atoms with Gasteiger partial charge < -0.3 is 29.9 Å². The number of hydrogen-bond donors (Lipinski definition) is 2. The minimum absolute atomic E-state index is 0.0879. The fraction of sp³-hybridized carbons (Fsp3) is 0.714. The Morgan fingerprint density at radius 1 is 0.444 bits per heavy atom. The molecule has 0 fully saturated rings. The fourth-order valence-electron chi connectivity index (χ4n) is 5.79. The van der Waals surface area contributed by atoms with Gasteiger partial charge in [-0.15, -0.1) is 0 Å². The van der Waals surface area contributed by atoms with Crippen molar-refractivity contribution in [1.82, 2.24) is 20.4 Å². The van der Waals surface area contributed by atoms with E-state index in [9.17, 15) is 28.8 Å². The molecule has 2 atom stereocenters. The maximum absolute atomic E-state index is 12.1. The molecule has 0 aromatic carbocycles. The number of amides is 4. The van der Waals surface area contributed by atoms with Gasteiger partial charge >= 0.3 is 11.9 Å². The predicted octanol–water partition coefficient (Wildman–Crippen LogP) is 6.73. The highest BCUT2D eigenvalue weighted by Gasteiger charge is 2.20. The SMILES string of the molecule is CC(=O)NCC(CN(CC/C=C\CCCCC/C=C/CCCCCCCCC/C=C\CCN(CC(CNC(C)=O)OC(C)=O)C(C)=O)C(C)=O)OC(C)=O. The number of rotatable bonds is 32. The second kappa shape index (κ2) is 33.6. The molecule has 0 aliphatic rings. The van der Waals surface area contributed by atoms with E-state index in [4.69, 9.17) is 9.47 Å². The van der Waals surface area contributed by atoms with Crippen LogP contribution >= 0.6 is 0 Å². The quantitative estimate of drug-likeness (QED) is 0.0436. The topological polar surface area (TPSA) is 151 Å². The molecule has 0 saturated carbocycles. The number of carbonyl (C=O) groups is 6. The summed E-state index contributed by atoms with van der Waals surface area (Å²) < 4.78 is 10.5. The average molecular weight is 761 g/mol. The van der Waals surface area contributed by atoms with Crippen molar-refractivity contribution in [3.8, 4) is 0 Å². The van der Waals surface area contributed by atoms with Gasteiger partial charge in [-0.25, -0.2) is 0 Å². The van der Waals surface area contributed by atoms with E-state index in [0.717, 1.165) is 44.9 Å². The Bertz CT molecular complexity index is 1170. The molecule has 2 unspecified atom stereocenters. The maximum atomic E-state index is 12.1. The van der Waals surface area contributed by atoms with E-state index in [-0.39, 0.29) is 49.8 Å². The lowest BCUT2D eigenvalue weighted by atomic mass is 10.1. The Morgan fingerprint density at radius 2 is 0.722 bits per heavy atom. The molecular formula is C42H72N4O8. The van der Waals surface area contributed by atoms with E-state index in [2.05, 4.69) is 47.1 Å². The monoisotopic (exact) mass is 761 g/mol. The Kier molecular flexibility index (Phi) is 31.1. The third kappa shape index (κ3) is 32.7. The van der Waals surface area contributed by atoms with Gasteiger partial charge in [0.2, 0.25) is 23.6 Å². The molecule has 0 bridgehead atoms. The van der Waals surface area contributed by atoms with Crippen molar-refractivity contribution < 1.29 is 38.2 Å². The van der Waals surface area contributed by atoms with E-state index >= 15 is 0 Å². The van der Waals surface area contributed by atoms with Crippen LogP contribution in [0.3, 0.4) is 0 Å². The molecule has 54 heavy (non-hydrogen) atoms. The first-order chi connectivity index (χ1) is 25.8. The number of nitrogens with zero attached hydrogens (tertiary/aromatic N) is 2. The van der Waals surface area contributed by atoms with Crippen LogP contribution in [0.5, 0.6) is 0 Å². The molecule has 308 valence electrons. The third-order valence-corrected chi connectivity index (χ3v) is 8.68. The first kappa shape index (κ1) is 50.0. The first-order valence-electron chi connectivity index (χ1n) is 20.1. The first-order valence-corrected chi connectivity index (χ1v) is 20.1. The molecular weight excluding hydrogens is 688 g/mol. The zero-order valence-electron chi connectivity index (χ0n) is 34.3. The van der Waals surface area contributed by atoms with Gasteiger partial charge in [0.15, 0.2) is 0 Å². The van der Waals surface area contributed by atoms with Crippen molar-refractivity contribution in [1.29, 1.82) is 0 Å². The summed E-state index contributed by atoms with van der Waals surface area (Å²) in [5, 5.41) is 5.30. The minimum Gasteiger partial charge on any atom is -0.459 e. The Morgan fingerprint density at radius 3 is 1.00 bits per heavy atom. The summed E-state index contributed by atoms with van der Waals surface area (Å²) in [5.74, 6) is -1.48. The standard InChI is InChI=1S/C42H72N4O8/c1-35(47)43-31-41(53-39(5)51)33-45(37(3)49)29-27-25-23-21-19-17-15-13-11-9-7-8-10-12-14-16-18-20-22-24-26-28-30-46(38(4)50)34-42(54-40(6)52)32-44-36(2)48/h9,11,23-26,41-42H,7-8,10,12-22,27-34H2,1-6H3,(H,43,47)(H,44,48)/b11-9+,25-23-,26-24-. The van der Waals surface area contributed by atoms with Gasteiger partial charge in [0, 0.05) is 54.6 Å². The lowest BCUT2D eigenvalue weighted by Gasteiger charge is -2.26. The number of carbonyl (C=O) groups excluding carboxylic acids is 6. The Labute approximate surface area is 325 Å². The highest BCUT2D eigenvalue weighted by molar-refractivity contribution is 5.75. The van der Waals surface area contributed by atoms with Crippen molar-refractivity contribution in [2.24, 2.45) is 0 Å². The van der Waals surface area contributed by atoms with Crippen LogP contribution < -0.4 is 10.6 Å². The molecule has 0 aromatic rings. The van der Waals surface area contributed by atoms with E-state index in [1.54, 1.807) is 9.80 Å². The van der Waals surface area contributed by atoms with Crippen LogP contribution in [0.4, 0.5) is 0 Å². The summed E-state index contributed by atoms with van der Waals surface area (Å²) in [6.45, 7) is 10.4. The second-order valence-electron chi connectivity index (χ2n) is 13.9. The zero-order chi connectivity index (χ0) is 40.4. The molecule has 0 aromatic heterocycles. The van der Waals surface area contributed by atoms with Gasteiger partial charge in [0.25, 0.3) is 0 Å². The van der Waals surface area contributed by atoms with Gasteiger partial charge in [-0.05, 0) is 64.2 Å². The molecule has 2 N–H and O–H groups in total. The summed E-state index contributed by atoms with van der Waals surface area (Å²) >= 11 is 0. The smallest absolute Gasteiger partial charge is 0.303 e. The maximum Gasteiger partial charge on any atom is 0.303 e. The van der Waals surface area contributed by atoms with Crippen LogP contribution in [0.1, 0.15) is 144 Å². The van der Waals surface area contributed by atoms with Crippen LogP contribution in [0.15, 0.2) is 36.5 Å². The molecule has 0 heterocycles. The molecule has 0 aliphatic heterocycles. The Balaban J connectivity index is 3.87. The minimum atomic E-state index is -0.573. The van der Waals surface area contributed by atoms with Crippen molar-refractivity contribution in [3.63, 3.8) is 0 Å². The van der Waals surface area contributed by atoms with Gasteiger partial charge in [0.1, 0.15) is 12.2 Å². The van der Waals surface area contributed by atoms with E-state index in [0.29, 0.717) is 13.1 Å². The summed E-state index contributed by atoms with van der Waals surface area (Å²) in [7, 11) is 0. The fourth-order valence-corrected chi connectivity index (χ4v) is 5.79. The lowest BCUT2D eigenvalue weighted by molar-refractivity contribution is -0.149. The second-order valence-corrected chi connectivity index (χ2v) is 13.9.